The third-order valence-electron chi connectivity index (χ3n) is 3.79. The highest BCUT2D eigenvalue weighted by Crippen LogP contribution is 2.18. The molecule has 4 heteroatoms. The molecule has 0 fully saturated rings. The Morgan fingerprint density at radius 3 is 2.64 bits per heavy atom. The molecule has 1 atom stereocenters. The van der Waals surface area contributed by atoms with E-state index in [1.54, 1.807) is 0 Å². The molecule has 0 radical (unpaired) electrons. The number of hydrogen-bond donors (Lipinski definition) is 1. The van der Waals surface area contributed by atoms with Crippen LogP contribution in [0.3, 0.4) is 0 Å². The van der Waals surface area contributed by atoms with Gasteiger partial charge in [-0.3, -0.25) is 0 Å². The summed E-state index contributed by atoms with van der Waals surface area (Å²) in [6.45, 7) is 3.29. The Labute approximate surface area is 130 Å². The summed E-state index contributed by atoms with van der Waals surface area (Å²) in [5.74, 6) is 0. The second-order valence-corrected chi connectivity index (χ2v) is 5.48. The minimum atomic E-state index is -0.336. The molecule has 0 aliphatic heterocycles. The summed E-state index contributed by atoms with van der Waals surface area (Å²) < 4.78 is 2.02. The van der Waals surface area contributed by atoms with Gasteiger partial charge in [0, 0.05) is 24.6 Å². The van der Waals surface area contributed by atoms with Crippen LogP contribution in [0.1, 0.15) is 19.0 Å². The van der Waals surface area contributed by atoms with Crippen LogP contribution in [0.5, 0.6) is 0 Å². The Hall–Kier alpha value is -2.33. The molecule has 0 aliphatic carbocycles. The van der Waals surface area contributed by atoms with Gasteiger partial charge in [0.05, 0.1) is 18.3 Å². The number of benzene rings is 1. The lowest BCUT2D eigenvalue weighted by atomic mass is 10.2. The van der Waals surface area contributed by atoms with E-state index in [1.165, 1.54) is 0 Å². The first-order valence-electron chi connectivity index (χ1n) is 7.67. The maximum absolute atomic E-state index is 10.0. The van der Waals surface area contributed by atoms with E-state index in [2.05, 4.69) is 22.0 Å². The number of rotatable bonds is 6. The number of aliphatic hydroxyl groups excluding tert-OH is 1. The highest BCUT2D eigenvalue weighted by atomic mass is 16.3. The Balaban J connectivity index is 1.85. The number of nitrogens with zero attached hydrogens (tertiary/aromatic N) is 3. The second kappa shape index (κ2) is 6.62. The molecular formula is C18H21N3O. The SMILES string of the molecule is CCC(O)CN(Cc1cn2ccccc2n1)c1ccccc1. The van der Waals surface area contributed by atoms with E-state index < -0.39 is 0 Å². The maximum atomic E-state index is 10.0. The number of hydrogen-bond acceptors (Lipinski definition) is 3. The van der Waals surface area contributed by atoms with Crippen LogP contribution < -0.4 is 4.90 Å². The van der Waals surface area contributed by atoms with E-state index >= 15 is 0 Å². The van der Waals surface area contributed by atoms with Gasteiger partial charge in [0.25, 0.3) is 0 Å². The molecule has 2 aromatic heterocycles. The molecule has 3 rings (SSSR count). The van der Waals surface area contributed by atoms with Gasteiger partial charge in [0.2, 0.25) is 0 Å². The van der Waals surface area contributed by atoms with Gasteiger partial charge in [-0.05, 0) is 30.7 Å². The predicted octanol–water partition coefficient (Wildman–Crippen LogP) is 3.11. The van der Waals surface area contributed by atoms with E-state index in [0.717, 1.165) is 23.4 Å². The first-order chi connectivity index (χ1) is 10.8. The van der Waals surface area contributed by atoms with E-state index in [0.29, 0.717) is 13.1 Å². The number of para-hydroxylation sites is 1. The van der Waals surface area contributed by atoms with Crippen molar-refractivity contribution in [3.05, 3.63) is 66.6 Å². The largest absolute Gasteiger partial charge is 0.391 e. The number of fused-ring (bicyclic) bond motifs is 1. The van der Waals surface area contributed by atoms with Crippen LogP contribution in [0.2, 0.25) is 0 Å². The highest BCUT2D eigenvalue weighted by molar-refractivity contribution is 5.47. The van der Waals surface area contributed by atoms with Crippen molar-refractivity contribution in [3.8, 4) is 0 Å². The van der Waals surface area contributed by atoms with Gasteiger partial charge in [-0.15, -0.1) is 0 Å². The van der Waals surface area contributed by atoms with Gasteiger partial charge in [-0.2, -0.15) is 0 Å². The molecule has 0 aliphatic rings. The molecule has 0 saturated carbocycles. The molecule has 1 N–H and O–H groups in total. The topological polar surface area (TPSA) is 40.8 Å². The van der Waals surface area contributed by atoms with Crippen molar-refractivity contribution in [3.63, 3.8) is 0 Å². The van der Waals surface area contributed by atoms with Crippen LogP contribution in [0, 0.1) is 0 Å². The first kappa shape index (κ1) is 14.6. The van der Waals surface area contributed by atoms with Crippen molar-refractivity contribution in [1.29, 1.82) is 0 Å². The summed E-state index contributed by atoms with van der Waals surface area (Å²) in [5, 5.41) is 10.0. The van der Waals surface area contributed by atoms with Crippen molar-refractivity contribution in [2.45, 2.75) is 26.0 Å². The molecule has 0 bridgehead atoms. The summed E-state index contributed by atoms with van der Waals surface area (Å²) >= 11 is 0. The molecule has 3 aromatic rings. The van der Waals surface area contributed by atoms with Gasteiger partial charge in [0.1, 0.15) is 5.65 Å². The lowest BCUT2D eigenvalue weighted by molar-refractivity contribution is 0.175. The number of anilines is 1. The Morgan fingerprint density at radius 1 is 1.14 bits per heavy atom. The average molecular weight is 295 g/mol. The van der Waals surface area contributed by atoms with E-state index in [4.69, 9.17) is 0 Å². The van der Waals surface area contributed by atoms with Crippen LogP contribution in [0.15, 0.2) is 60.9 Å². The summed E-state index contributed by atoms with van der Waals surface area (Å²) in [4.78, 5) is 6.83. The quantitative estimate of drug-likeness (QED) is 0.759. The molecule has 2 heterocycles. The summed E-state index contributed by atoms with van der Waals surface area (Å²) in [5.41, 5.74) is 3.05. The van der Waals surface area contributed by atoms with Crippen LogP contribution in [-0.4, -0.2) is 27.1 Å². The van der Waals surface area contributed by atoms with Gasteiger partial charge in [0.15, 0.2) is 0 Å². The Bertz CT molecular complexity index is 690. The van der Waals surface area contributed by atoms with Crippen LogP contribution in [-0.2, 0) is 6.54 Å². The van der Waals surface area contributed by atoms with Gasteiger partial charge < -0.3 is 14.4 Å². The number of imidazole rings is 1. The minimum absolute atomic E-state index is 0.336. The first-order valence-corrected chi connectivity index (χ1v) is 7.67. The lowest BCUT2D eigenvalue weighted by Gasteiger charge is -2.26. The maximum Gasteiger partial charge on any atom is 0.137 e. The van der Waals surface area contributed by atoms with Gasteiger partial charge >= 0.3 is 0 Å². The molecule has 0 spiro atoms. The summed E-state index contributed by atoms with van der Waals surface area (Å²) in [6.07, 6.45) is 4.45. The second-order valence-electron chi connectivity index (χ2n) is 5.48. The number of pyridine rings is 1. The molecular weight excluding hydrogens is 274 g/mol. The van der Waals surface area contributed by atoms with Gasteiger partial charge in [-0.1, -0.05) is 31.2 Å². The number of aliphatic hydroxyl groups is 1. The van der Waals surface area contributed by atoms with Crippen LogP contribution in [0.25, 0.3) is 5.65 Å². The molecule has 22 heavy (non-hydrogen) atoms. The minimum Gasteiger partial charge on any atom is -0.391 e. The zero-order valence-corrected chi connectivity index (χ0v) is 12.8. The molecule has 1 unspecified atom stereocenters. The fourth-order valence-corrected chi connectivity index (χ4v) is 2.54. The molecule has 0 amide bonds. The third kappa shape index (κ3) is 3.28. The van der Waals surface area contributed by atoms with Crippen molar-refractivity contribution >= 4 is 11.3 Å². The van der Waals surface area contributed by atoms with Crippen molar-refractivity contribution in [2.75, 3.05) is 11.4 Å². The van der Waals surface area contributed by atoms with E-state index in [-0.39, 0.29) is 6.10 Å². The fraction of sp³-hybridized carbons (Fsp3) is 0.278. The van der Waals surface area contributed by atoms with Crippen molar-refractivity contribution < 1.29 is 5.11 Å². The summed E-state index contributed by atoms with van der Waals surface area (Å²) in [6, 6.07) is 16.2. The Kier molecular flexibility index (Phi) is 4.39. The average Bonchev–Trinajstić information content (AvgIpc) is 2.97. The normalized spacial score (nSPS) is 12.5. The van der Waals surface area contributed by atoms with E-state index in [9.17, 15) is 5.11 Å². The molecule has 114 valence electrons. The lowest BCUT2D eigenvalue weighted by Crippen LogP contribution is -2.31. The Morgan fingerprint density at radius 2 is 1.91 bits per heavy atom. The smallest absolute Gasteiger partial charge is 0.137 e. The molecule has 1 aromatic carbocycles. The zero-order valence-electron chi connectivity index (χ0n) is 12.8. The summed E-state index contributed by atoms with van der Waals surface area (Å²) in [7, 11) is 0. The van der Waals surface area contributed by atoms with E-state index in [1.807, 2.05) is 60.1 Å². The van der Waals surface area contributed by atoms with Crippen molar-refractivity contribution in [1.82, 2.24) is 9.38 Å². The van der Waals surface area contributed by atoms with Gasteiger partial charge in [-0.25, -0.2) is 4.98 Å². The number of aromatic nitrogens is 2. The zero-order chi connectivity index (χ0) is 15.4. The molecule has 4 nitrogen and oxygen atoms in total. The monoisotopic (exact) mass is 295 g/mol. The predicted molar refractivity (Wildman–Crippen MR) is 89.0 cm³/mol. The highest BCUT2D eigenvalue weighted by Gasteiger charge is 2.13. The van der Waals surface area contributed by atoms with Crippen LogP contribution >= 0.6 is 0 Å². The fourth-order valence-electron chi connectivity index (χ4n) is 2.54. The van der Waals surface area contributed by atoms with Crippen LogP contribution in [0.4, 0.5) is 5.69 Å². The standard InChI is InChI=1S/C18H21N3O/c1-2-17(22)14-21(16-8-4-3-5-9-16)13-15-12-20-11-7-6-10-18(20)19-15/h3-12,17,22H,2,13-14H2,1H3. The third-order valence-corrected chi connectivity index (χ3v) is 3.79. The van der Waals surface area contributed by atoms with Crippen molar-refractivity contribution in [2.24, 2.45) is 0 Å². The molecule has 0 saturated heterocycles.